The molecule has 8 nitrogen and oxygen atoms in total. The molecule has 0 aromatic carbocycles. The average Bonchev–Trinajstić information content (AvgIpc) is 2.98. The molecule has 2 rings (SSSR count). The molecular formula is C13H20N4O4. The maximum Gasteiger partial charge on any atom is 0.325 e. The molecule has 116 valence electrons. The van der Waals surface area contributed by atoms with Crippen molar-refractivity contribution in [3.05, 3.63) is 0 Å². The fourth-order valence-corrected chi connectivity index (χ4v) is 2.73. The Hall–Kier alpha value is -2.12. The summed E-state index contributed by atoms with van der Waals surface area (Å²) in [5, 5.41) is 7.26. The van der Waals surface area contributed by atoms with Crippen molar-refractivity contribution in [1.29, 1.82) is 0 Å². The van der Waals surface area contributed by atoms with Gasteiger partial charge in [-0.1, -0.05) is 19.8 Å². The monoisotopic (exact) mass is 296 g/mol. The molecule has 1 aliphatic heterocycles. The lowest BCUT2D eigenvalue weighted by Crippen LogP contribution is -2.47. The van der Waals surface area contributed by atoms with Gasteiger partial charge in [0.1, 0.15) is 12.1 Å². The van der Waals surface area contributed by atoms with Crippen LogP contribution in [0.1, 0.15) is 39.0 Å². The Labute approximate surface area is 122 Å². The highest BCUT2D eigenvalue weighted by atomic mass is 16.2. The zero-order valence-corrected chi connectivity index (χ0v) is 12.0. The molecule has 2 fully saturated rings. The van der Waals surface area contributed by atoms with E-state index in [4.69, 9.17) is 0 Å². The van der Waals surface area contributed by atoms with Gasteiger partial charge in [-0.15, -0.1) is 0 Å². The first-order valence-electron chi connectivity index (χ1n) is 7.20. The summed E-state index contributed by atoms with van der Waals surface area (Å²) in [6, 6.07) is -1.18. The lowest BCUT2D eigenvalue weighted by atomic mass is 9.98. The van der Waals surface area contributed by atoms with Crippen LogP contribution in [0.2, 0.25) is 0 Å². The van der Waals surface area contributed by atoms with Gasteiger partial charge in [0.25, 0.3) is 5.91 Å². The Kier molecular flexibility index (Phi) is 4.44. The summed E-state index contributed by atoms with van der Waals surface area (Å²) in [6.45, 7) is 1.90. The van der Waals surface area contributed by atoms with Gasteiger partial charge in [-0.3, -0.25) is 19.8 Å². The molecule has 0 unspecified atom stereocenters. The highest BCUT2D eigenvalue weighted by Gasteiger charge is 2.52. The zero-order valence-electron chi connectivity index (χ0n) is 12.0. The molecule has 1 heterocycles. The third-order valence-corrected chi connectivity index (χ3v) is 3.79. The van der Waals surface area contributed by atoms with Crippen LogP contribution in [0.4, 0.5) is 9.59 Å². The third kappa shape index (κ3) is 3.14. The minimum absolute atomic E-state index is 0.367. The summed E-state index contributed by atoms with van der Waals surface area (Å²) in [6.07, 6.45) is 3.72. The van der Waals surface area contributed by atoms with Crippen LogP contribution in [0.5, 0.6) is 0 Å². The summed E-state index contributed by atoms with van der Waals surface area (Å²) < 4.78 is 0. The van der Waals surface area contributed by atoms with E-state index in [9.17, 15) is 19.2 Å². The standard InChI is InChI=1S/C13H20N4O4/c1-2-7-14-11(20)15-9(18)8-17-10(19)13(16-12(17)21)5-3-4-6-13/h2-8H2,1H3,(H,16,21)(H2,14,15,18,20). The fourth-order valence-electron chi connectivity index (χ4n) is 2.73. The van der Waals surface area contributed by atoms with E-state index < -0.39 is 30.1 Å². The second-order valence-corrected chi connectivity index (χ2v) is 5.41. The zero-order chi connectivity index (χ0) is 15.5. The van der Waals surface area contributed by atoms with Gasteiger partial charge in [-0.05, 0) is 19.3 Å². The van der Waals surface area contributed by atoms with Crippen molar-refractivity contribution >= 4 is 23.9 Å². The maximum atomic E-state index is 12.3. The molecule has 2 aliphatic rings. The van der Waals surface area contributed by atoms with Crippen LogP contribution in [-0.2, 0) is 9.59 Å². The average molecular weight is 296 g/mol. The molecule has 0 aromatic rings. The molecule has 21 heavy (non-hydrogen) atoms. The van der Waals surface area contributed by atoms with Gasteiger partial charge in [0, 0.05) is 6.54 Å². The first-order valence-corrected chi connectivity index (χ1v) is 7.20. The summed E-state index contributed by atoms with van der Waals surface area (Å²) >= 11 is 0. The number of rotatable bonds is 4. The quantitative estimate of drug-likeness (QED) is 0.639. The molecule has 1 aliphatic carbocycles. The van der Waals surface area contributed by atoms with Gasteiger partial charge in [0.05, 0.1) is 0 Å². The van der Waals surface area contributed by atoms with Gasteiger partial charge in [-0.25, -0.2) is 9.59 Å². The highest BCUT2D eigenvalue weighted by molar-refractivity contribution is 6.10. The highest BCUT2D eigenvalue weighted by Crippen LogP contribution is 2.34. The Morgan fingerprint density at radius 3 is 2.57 bits per heavy atom. The predicted molar refractivity (Wildman–Crippen MR) is 73.3 cm³/mol. The van der Waals surface area contributed by atoms with Gasteiger partial charge < -0.3 is 10.6 Å². The number of hydrogen-bond acceptors (Lipinski definition) is 4. The van der Waals surface area contributed by atoms with Crippen LogP contribution in [-0.4, -0.2) is 47.4 Å². The van der Waals surface area contributed by atoms with Gasteiger partial charge in [-0.2, -0.15) is 0 Å². The summed E-state index contributed by atoms with van der Waals surface area (Å²) in [5.41, 5.74) is -0.832. The first-order chi connectivity index (χ1) is 9.98. The van der Waals surface area contributed by atoms with E-state index >= 15 is 0 Å². The van der Waals surface area contributed by atoms with E-state index in [1.807, 2.05) is 6.92 Å². The number of carbonyl (C=O) groups excluding carboxylic acids is 4. The van der Waals surface area contributed by atoms with Crippen LogP contribution in [0.15, 0.2) is 0 Å². The number of amides is 6. The normalized spacial score (nSPS) is 19.8. The largest absolute Gasteiger partial charge is 0.338 e. The van der Waals surface area contributed by atoms with E-state index in [0.29, 0.717) is 19.4 Å². The molecule has 0 atom stereocenters. The van der Waals surface area contributed by atoms with Crippen LogP contribution >= 0.6 is 0 Å². The molecule has 0 bridgehead atoms. The summed E-state index contributed by atoms with van der Waals surface area (Å²) in [7, 11) is 0. The van der Waals surface area contributed by atoms with Gasteiger partial charge in [0.2, 0.25) is 5.91 Å². The molecule has 8 heteroatoms. The Morgan fingerprint density at radius 1 is 1.29 bits per heavy atom. The van der Waals surface area contributed by atoms with Crippen molar-refractivity contribution in [2.45, 2.75) is 44.6 Å². The smallest absolute Gasteiger partial charge is 0.325 e. The Bertz CT molecular complexity index is 471. The topological polar surface area (TPSA) is 108 Å². The fraction of sp³-hybridized carbons (Fsp3) is 0.692. The van der Waals surface area contributed by atoms with Crippen LogP contribution in [0, 0.1) is 0 Å². The number of nitrogens with one attached hydrogen (secondary N) is 3. The number of imide groups is 2. The van der Waals surface area contributed by atoms with Crippen LogP contribution < -0.4 is 16.0 Å². The molecule has 3 N–H and O–H groups in total. The molecular weight excluding hydrogens is 276 g/mol. The lowest BCUT2D eigenvalue weighted by Gasteiger charge is -2.19. The van der Waals surface area contributed by atoms with Crippen molar-refractivity contribution in [2.75, 3.05) is 13.1 Å². The van der Waals surface area contributed by atoms with Crippen LogP contribution in [0.3, 0.4) is 0 Å². The summed E-state index contributed by atoms with van der Waals surface area (Å²) in [5.74, 6) is -1.05. The maximum absolute atomic E-state index is 12.3. The first kappa shape index (κ1) is 15.3. The van der Waals surface area contributed by atoms with Gasteiger partial charge >= 0.3 is 12.1 Å². The number of hydrogen-bond donors (Lipinski definition) is 3. The third-order valence-electron chi connectivity index (χ3n) is 3.79. The SMILES string of the molecule is CCCNC(=O)NC(=O)CN1C(=O)NC2(CCCC2)C1=O. The van der Waals surface area contributed by atoms with Crippen LogP contribution in [0.25, 0.3) is 0 Å². The van der Waals surface area contributed by atoms with E-state index in [1.165, 1.54) is 0 Å². The van der Waals surface area contributed by atoms with Crippen molar-refractivity contribution in [2.24, 2.45) is 0 Å². The lowest BCUT2D eigenvalue weighted by molar-refractivity contribution is -0.134. The van der Waals surface area contributed by atoms with E-state index in [2.05, 4.69) is 16.0 Å². The molecule has 1 saturated heterocycles. The molecule has 1 spiro atoms. The minimum Gasteiger partial charge on any atom is -0.338 e. The second kappa shape index (κ2) is 6.11. The number of carbonyl (C=O) groups is 4. The predicted octanol–water partition coefficient (Wildman–Crippen LogP) is 0.0868. The van der Waals surface area contributed by atoms with E-state index in [0.717, 1.165) is 24.2 Å². The van der Waals surface area contributed by atoms with Crippen molar-refractivity contribution in [1.82, 2.24) is 20.9 Å². The minimum atomic E-state index is -0.832. The van der Waals surface area contributed by atoms with Crippen molar-refractivity contribution < 1.29 is 19.2 Å². The van der Waals surface area contributed by atoms with Crippen molar-refractivity contribution in [3.63, 3.8) is 0 Å². The van der Waals surface area contributed by atoms with Crippen molar-refractivity contribution in [3.8, 4) is 0 Å². The van der Waals surface area contributed by atoms with E-state index in [-0.39, 0.29) is 5.91 Å². The second-order valence-electron chi connectivity index (χ2n) is 5.41. The molecule has 0 aromatic heterocycles. The van der Waals surface area contributed by atoms with E-state index in [1.54, 1.807) is 0 Å². The molecule has 1 saturated carbocycles. The Balaban J connectivity index is 1.90. The molecule has 6 amide bonds. The number of urea groups is 2. The molecule has 0 radical (unpaired) electrons. The number of nitrogens with zero attached hydrogens (tertiary/aromatic N) is 1. The summed E-state index contributed by atoms with van der Waals surface area (Å²) in [4.78, 5) is 48.1. The Morgan fingerprint density at radius 2 is 1.95 bits per heavy atom. The van der Waals surface area contributed by atoms with Gasteiger partial charge in [0.15, 0.2) is 0 Å².